The average molecular weight is 326 g/mol. The molecular weight excluding hydrogens is 304 g/mol. The minimum Gasteiger partial charge on any atom is -0.376 e. The Labute approximate surface area is 131 Å². The van der Waals surface area contributed by atoms with E-state index < -0.39 is 10.0 Å². The van der Waals surface area contributed by atoms with Crippen molar-refractivity contribution in [3.05, 3.63) is 29.8 Å². The lowest BCUT2D eigenvalue weighted by Crippen LogP contribution is -2.42. The lowest BCUT2D eigenvalue weighted by Gasteiger charge is -2.22. The van der Waals surface area contributed by atoms with Crippen LogP contribution in [0, 0.1) is 6.92 Å². The molecule has 6 nitrogen and oxygen atoms in total. The van der Waals surface area contributed by atoms with Gasteiger partial charge in [0.1, 0.15) is 6.54 Å². The number of nitrogens with zero attached hydrogens (tertiary/aromatic N) is 1. The van der Waals surface area contributed by atoms with E-state index in [2.05, 4.69) is 5.32 Å². The average Bonchev–Trinajstić information content (AvgIpc) is 2.94. The van der Waals surface area contributed by atoms with E-state index in [4.69, 9.17) is 4.74 Å². The van der Waals surface area contributed by atoms with Crippen LogP contribution in [0.15, 0.2) is 24.3 Å². The van der Waals surface area contributed by atoms with Crippen LogP contribution in [-0.2, 0) is 19.6 Å². The summed E-state index contributed by atoms with van der Waals surface area (Å²) in [7, 11) is -3.53. The maximum atomic E-state index is 12.0. The fourth-order valence-corrected chi connectivity index (χ4v) is 3.25. The summed E-state index contributed by atoms with van der Waals surface area (Å²) in [4.78, 5) is 12.0. The summed E-state index contributed by atoms with van der Waals surface area (Å²) in [6.45, 7) is 2.79. The van der Waals surface area contributed by atoms with Crippen molar-refractivity contribution in [3.63, 3.8) is 0 Å². The van der Waals surface area contributed by atoms with Crippen molar-refractivity contribution in [2.24, 2.45) is 0 Å². The summed E-state index contributed by atoms with van der Waals surface area (Å²) in [5, 5.41) is 2.74. The molecular formula is C15H22N2O4S. The summed E-state index contributed by atoms with van der Waals surface area (Å²) in [6.07, 6.45) is 3.06. The number of sulfonamides is 1. The lowest BCUT2D eigenvalue weighted by atomic mass is 10.2. The van der Waals surface area contributed by atoms with Crippen LogP contribution >= 0.6 is 0 Å². The van der Waals surface area contributed by atoms with Gasteiger partial charge in [-0.1, -0.05) is 12.1 Å². The zero-order valence-electron chi connectivity index (χ0n) is 12.9. The Hall–Kier alpha value is -1.60. The highest BCUT2D eigenvalue weighted by Crippen LogP contribution is 2.18. The number of rotatable bonds is 6. The van der Waals surface area contributed by atoms with Gasteiger partial charge in [0.15, 0.2) is 0 Å². The standard InChI is InChI=1S/C15H22N2O4S/c1-12-5-3-6-13(9-12)17(22(2,19)20)11-15(18)16-10-14-7-4-8-21-14/h3,5-6,9,14H,4,7-8,10-11H2,1-2H3,(H,16,18)/t14-/m0/s1. The maximum Gasteiger partial charge on any atom is 0.240 e. The van der Waals surface area contributed by atoms with Crippen LogP contribution in [-0.4, -0.2) is 46.4 Å². The van der Waals surface area contributed by atoms with Crippen LogP contribution in [0.3, 0.4) is 0 Å². The summed E-state index contributed by atoms with van der Waals surface area (Å²) in [5.41, 5.74) is 1.43. The van der Waals surface area contributed by atoms with Gasteiger partial charge < -0.3 is 10.1 Å². The van der Waals surface area contributed by atoms with E-state index in [0.717, 1.165) is 35.6 Å². The molecule has 0 spiro atoms. The van der Waals surface area contributed by atoms with E-state index >= 15 is 0 Å². The largest absolute Gasteiger partial charge is 0.376 e. The van der Waals surface area contributed by atoms with E-state index in [1.165, 1.54) is 0 Å². The number of hydrogen-bond donors (Lipinski definition) is 1. The number of aryl methyl sites for hydroxylation is 1. The Balaban J connectivity index is 2.02. The number of amides is 1. The second-order valence-corrected chi connectivity index (χ2v) is 7.45. The molecule has 1 N–H and O–H groups in total. The Bertz CT molecular complexity index is 624. The Morgan fingerprint density at radius 3 is 2.82 bits per heavy atom. The summed E-state index contributed by atoms with van der Waals surface area (Å²) in [6, 6.07) is 7.07. The van der Waals surface area contributed by atoms with Gasteiger partial charge in [-0.2, -0.15) is 0 Å². The van der Waals surface area contributed by atoms with Crippen LogP contribution in [0.1, 0.15) is 18.4 Å². The van der Waals surface area contributed by atoms with Gasteiger partial charge in [-0.05, 0) is 37.5 Å². The van der Waals surface area contributed by atoms with Crippen LogP contribution < -0.4 is 9.62 Å². The molecule has 1 heterocycles. The fraction of sp³-hybridized carbons (Fsp3) is 0.533. The second kappa shape index (κ2) is 7.11. The van der Waals surface area contributed by atoms with E-state index in [9.17, 15) is 13.2 Å². The van der Waals surface area contributed by atoms with E-state index in [1.807, 2.05) is 13.0 Å². The molecule has 0 bridgehead atoms. The predicted octanol–water partition coefficient (Wildman–Crippen LogP) is 1.06. The van der Waals surface area contributed by atoms with Crippen molar-refractivity contribution in [2.45, 2.75) is 25.9 Å². The molecule has 22 heavy (non-hydrogen) atoms. The molecule has 7 heteroatoms. The van der Waals surface area contributed by atoms with Gasteiger partial charge in [-0.15, -0.1) is 0 Å². The SMILES string of the molecule is Cc1cccc(N(CC(=O)NC[C@@H]2CCCO2)S(C)(=O)=O)c1. The molecule has 2 rings (SSSR count). The highest BCUT2D eigenvalue weighted by Gasteiger charge is 2.22. The third-order valence-electron chi connectivity index (χ3n) is 3.53. The number of nitrogens with one attached hydrogen (secondary N) is 1. The summed E-state index contributed by atoms with van der Waals surface area (Å²) in [5.74, 6) is -0.331. The number of anilines is 1. The smallest absolute Gasteiger partial charge is 0.240 e. The second-order valence-electron chi connectivity index (χ2n) is 5.55. The maximum absolute atomic E-state index is 12.0. The van der Waals surface area contributed by atoms with Crippen LogP contribution in [0.5, 0.6) is 0 Å². The fourth-order valence-electron chi connectivity index (χ4n) is 2.40. The van der Waals surface area contributed by atoms with Crippen LogP contribution in [0.4, 0.5) is 5.69 Å². The molecule has 0 aliphatic carbocycles. The highest BCUT2D eigenvalue weighted by atomic mass is 32.2. The Morgan fingerprint density at radius 1 is 1.45 bits per heavy atom. The molecule has 0 unspecified atom stereocenters. The molecule has 1 aromatic carbocycles. The number of benzene rings is 1. The zero-order chi connectivity index (χ0) is 16.2. The third-order valence-corrected chi connectivity index (χ3v) is 4.67. The van der Waals surface area contributed by atoms with Gasteiger partial charge in [0.05, 0.1) is 18.0 Å². The molecule has 1 amide bonds. The number of ether oxygens (including phenoxy) is 1. The number of hydrogen-bond acceptors (Lipinski definition) is 4. The monoisotopic (exact) mass is 326 g/mol. The van der Waals surface area contributed by atoms with Gasteiger partial charge in [0.25, 0.3) is 0 Å². The number of carbonyl (C=O) groups is 1. The first kappa shape index (κ1) is 16.8. The zero-order valence-corrected chi connectivity index (χ0v) is 13.7. The lowest BCUT2D eigenvalue weighted by molar-refractivity contribution is -0.120. The van der Waals surface area contributed by atoms with E-state index in [1.54, 1.807) is 18.2 Å². The molecule has 0 aromatic heterocycles. The van der Waals surface area contributed by atoms with Gasteiger partial charge in [0, 0.05) is 13.2 Å². The topological polar surface area (TPSA) is 75.7 Å². The third kappa shape index (κ3) is 4.71. The van der Waals surface area contributed by atoms with E-state index in [-0.39, 0.29) is 18.6 Å². The quantitative estimate of drug-likeness (QED) is 0.848. The molecule has 1 aliphatic heterocycles. The van der Waals surface area contributed by atoms with Crippen molar-refractivity contribution in [2.75, 3.05) is 30.3 Å². The van der Waals surface area contributed by atoms with Crippen molar-refractivity contribution >= 4 is 21.6 Å². The molecule has 1 saturated heterocycles. The van der Waals surface area contributed by atoms with Gasteiger partial charge in [-0.3, -0.25) is 9.10 Å². The van der Waals surface area contributed by atoms with Crippen molar-refractivity contribution < 1.29 is 17.9 Å². The molecule has 1 aliphatic rings. The minimum absolute atomic E-state index is 0.0367. The Morgan fingerprint density at radius 2 is 2.23 bits per heavy atom. The van der Waals surface area contributed by atoms with Gasteiger partial charge >= 0.3 is 0 Å². The summed E-state index contributed by atoms with van der Waals surface area (Å²) < 4.78 is 30.5. The highest BCUT2D eigenvalue weighted by molar-refractivity contribution is 7.92. The Kier molecular flexibility index (Phi) is 5.42. The van der Waals surface area contributed by atoms with Crippen LogP contribution in [0.25, 0.3) is 0 Å². The first-order chi connectivity index (χ1) is 10.4. The van der Waals surface area contributed by atoms with Crippen molar-refractivity contribution in [1.29, 1.82) is 0 Å². The molecule has 1 aromatic rings. The predicted molar refractivity (Wildman–Crippen MR) is 85.4 cm³/mol. The normalized spacial score (nSPS) is 18.2. The van der Waals surface area contributed by atoms with Gasteiger partial charge in [0.2, 0.25) is 15.9 Å². The minimum atomic E-state index is -3.53. The molecule has 0 radical (unpaired) electrons. The molecule has 122 valence electrons. The van der Waals surface area contributed by atoms with E-state index in [0.29, 0.717) is 12.2 Å². The molecule has 0 saturated carbocycles. The first-order valence-electron chi connectivity index (χ1n) is 7.29. The number of carbonyl (C=O) groups excluding carboxylic acids is 1. The van der Waals surface area contributed by atoms with Crippen molar-refractivity contribution in [3.8, 4) is 0 Å². The molecule has 1 fully saturated rings. The van der Waals surface area contributed by atoms with Crippen LogP contribution in [0.2, 0.25) is 0 Å². The first-order valence-corrected chi connectivity index (χ1v) is 9.14. The molecule has 1 atom stereocenters. The van der Waals surface area contributed by atoms with Crippen molar-refractivity contribution in [1.82, 2.24) is 5.32 Å². The summed E-state index contributed by atoms with van der Waals surface area (Å²) >= 11 is 0. The van der Waals surface area contributed by atoms with Gasteiger partial charge in [-0.25, -0.2) is 8.42 Å².